The van der Waals surface area contributed by atoms with Gasteiger partial charge in [-0.1, -0.05) is 0 Å². The van der Waals surface area contributed by atoms with Gasteiger partial charge in [0.2, 0.25) is 0 Å². The van der Waals surface area contributed by atoms with Gasteiger partial charge in [-0.05, 0) is 24.3 Å². The molecule has 2 rings (SSSR count). The van der Waals surface area contributed by atoms with Gasteiger partial charge in [0.05, 0.1) is 5.69 Å². The largest absolute Gasteiger partial charge is 0.372 e. The predicted octanol–water partition coefficient (Wildman–Crippen LogP) is 1.65. The first-order chi connectivity index (χ1) is 8.20. The monoisotopic (exact) mass is 229 g/mol. The smallest absolute Gasteiger partial charge is 0.148 e. The molecule has 1 N–H and O–H groups in total. The van der Waals surface area contributed by atoms with E-state index in [1.165, 1.54) is 0 Å². The maximum atomic E-state index is 4.34. The van der Waals surface area contributed by atoms with Crippen LogP contribution in [-0.2, 0) is 0 Å². The average molecular weight is 229 g/mol. The number of anilines is 2. The van der Waals surface area contributed by atoms with Crippen LogP contribution in [0.4, 0.5) is 11.6 Å². The van der Waals surface area contributed by atoms with Gasteiger partial charge in [-0.2, -0.15) is 0 Å². The summed E-state index contributed by atoms with van der Waals surface area (Å²) in [5.74, 6) is 1.68. The van der Waals surface area contributed by atoms with E-state index < -0.39 is 0 Å². The van der Waals surface area contributed by atoms with Gasteiger partial charge in [0.1, 0.15) is 11.6 Å². The minimum atomic E-state index is 0.756. The normalized spacial score (nSPS) is 10.1. The Kier molecular flexibility index (Phi) is 3.18. The van der Waals surface area contributed by atoms with E-state index in [9.17, 15) is 0 Å². The van der Waals surface area contributed by atoms with Gasteiger partial charge < -0.3 is 10.2 Å². The lowest BCUT2D eigenvalue weighted by molar-refractivity contribution is 1.03. The van der Waals surface area contributed by atoms with Gasteiger partial charge in [0.15, 0.2) is 0 Å². The summed E-state index contributed by atoms with van der Waals surface area (Å²) in [6.07, 6.45) is 1.80. The standard InChI is InChI=1S/C12H15N5/c1-13-11-6-5-10(15-16-11)9-4-7-12(14-8-9)17(2)3/h4-8H,1-3H3,(H,13,16). The molecule has 0 unspecified atom stereocenters. The summed E-state index contributed by atoms with van der Waals surface area (Å²) in [4.78, 5) is 6.30. The van der Waals surface area contributed by atoms with Crippen LogP contribution < -0.4 is 10.2 Å². The lowest BCUT2D eigenvalue weighted by Crippen LogP contribution is -2.10. The van der Waals surface area contributed by atoms with Crippen molar-refractivity contribution in [3.05, 3.63) is 30.5 Å². The van der Waals surface area contributed by atoms with Gasteiger partial charge in [0, 0.05) is 32.9 Å². The Labute approximate surface area is 101 Å². The summed E-state index contributed by atoms with van der Waals surface area (Å²) < 4.78 is 0. The molecule has 17 heavy (non-hydrogen) atoms. The number of hydrogen-bond donors (Lipinski definition) is 1. The Morgan fingerprint density at radius 1 is 1.06 bits per heavy atom. The Morgan fingerprint density at radius 3 is 2.35 bits per heavy atom. The lowest BCUT2D eigenvalue weighted by Gasteiger charge is -2.10. The highest BCUT2D eigenvalue weighted by atomic mass is 15.2. The maximum Gasteiger partial charge on any atom is 0.148 e. The molecule has 0 aliphatic rings. The molecule has 0 aromatic carbocycles. The van der Waals surface area contributed by atoms with Crippen molar-refractivity contribution in [1.82, 2.24) is 15.2 Å². The van der Waals surface area contributed by atoms with Crippen molar-refractivity contribution in [2.75, 3.05) is 31.4 Å². The fourth-order valence-electron chi connectivity index (χ4n) is 1.42. The number of pyridine rings is 1. The van der Waals surface area contributed by atoms with Crippen molar-refractivity contribution in [1.29, 1.82) is 0 Å². The molecule has 0 aliphatic carbocycles. The van der Waals surface area contributed by atoms with Crippen molar-refractivity contribution in [3.8, 4) is 11.3 Å². The summed E-state index contributed by atoms with van der Waals surface area (Å²) >= 11 is 0. The second-order valence-electron chi connectivity index (χ2n) is 3.85. The Balaban J connectivity index is 2.26. The van der Waals surface area contributed by atoms with Gasteiger partial charge in [0.25, 0.3) is 0 Å². The van der Waals surface area contributed by atoms with Crippen LogP contribution in [0.15, 0.2) is 30.5 Å². The maximum absolute atomic E-state index is 4.34. The van der Waals surface area contributed by atoms with E-state index >= 15 is 0 Å². The zero-order valence-electron chi connectivity index (χ0n) is 10.2. The molecule has 0 atom stereocenters. The third-order valence-electron chi connectivity index (χ3n) is 2.42. The zero-order valence-corrected chi connectivity index (χ0v) is 10.2. The third-order valence-corrected chi connectivity index (χ3v) is 2.42. The van der Waals surface area contributed by atoms with E-state index in [0.29, 0.717) is 0 Å². The Morgan fingerprint density at radius 2 is 1.88 bits per heavy atom. The molecule has 0 radical (unpaired) electrons. The number of hydrogen-bond acceptors (Lipinski definition) is 5. The van der Waals surface area contributed by atoms with Crippen LogP contribution in [0.2, 0.25) is 0 Å². The molecule has 0 aliphatic heterocycles. The van der Waals surface area contributed by atoms with Crippen LogP contribution in [0.3, 0.4) is 0 Å². The van der Waals surface area contributed by atoms with Crippen molar-refractivity contribution in [3.63, 3.8) is 0 Å². The molecule has 0 amide bonds. The van der Waals surface area contributed by atoms with Crippen LogP contribution >= 0.6 is 0 Å². The number of aromatic nitrogens is 3. The fraction of sp³-hybridized carbons (Fsp3) is 0.250. The molecule has 2 heterocycles. The molecule has 5 nitrogen and oxygen atoms in total. The topological polar surface area (TPSA) is 53.9 Å². The molecule has 0 spiro atoms. The number of rotatable bonds is 3. The highest BCUT2D eigenvalue weighted by molar-refractivity contribution is 5.60. The SMILES string of the molecule is CNc1ccc(-c2ccc(N(C)C)nc2)nn1. The fourth-order valence-corrected chi connectivity index (χ4v) is 1.42. The van der Waals surface area contributed by atoms with Crippen molar-refractivity contribution in [2.24, 2.45) is 0 Å². The molecule has 88 valence electrons. The second kappa shape index (κ2) is 4.78. The average Bonchev–Trinajstić information content (AvgIpc) is 2.39. The first-order valence-corrected chi connectivity index (χ1v) is 5.36. The van der Waals surface area contributed by atoms with E-state index in [2.05, 4.69) is 20.5 Å². The summed E-state index contributed by atoms with van der Waals surface area (Å²) in [5, 5.41) is 11.1. The highest BCUT2D eigenvalue weighted by Gasteiger charge is 2.02. The molecule has 5 heteroatoms. The quantitative estimate of drug-likeness (QED) is 0.867. The van der Waals surface area contributed by atoms with Crippen LogP contribution in [0.25, 0.3) is 11.3 Å². The Bertz CT molecular complexity index is 475. The van der Waals surface area contributed by atoms with Crippen LogP contribution in [0.5, 0.6) is 0 Å². The summed E-state index contributed by atoms with van der Waals surface area (Å²) in [6, 6.07) is 7.77. The van der Waals surface area contributed by atoms with E-state index in [-0.39, 0.29) is 0 Å². The predicted molar refractivity (Wildman–Crippen MR) is 69.1 cm³/mol. The second-order valence-corrected chi connectivity index (χ2v) is 3.85. The molecular weight excluding hydrogens is 214 g/mol. The van der Waals surface area contributed by atoms with Crippen molar-refractivity contribution in [2.45, 2.75) is 0 Å². The first-order valence-electron chi connectivity index (χ1n) is 5.36. The molecule has 0 bridgehead atoms. The van der Waals surface area contributed by atoms with Crippen molar-refractivity contribution < 1.29 is 0 Å². The zero-order chi connectivity index (χ0) is 12.3. The van der Waals surface area contributed by atoms with Gasteiger partial charge in [-0.15, -0.1) is 10.2 Å². The van der Waals surface area contributed by atoms with Crippen molar-refractivity contribution >= 4 is 11.6 Å². The molecular formula is C12H15N5. The van der Waals surface area contributed by atoms with Gasteiger partial charge >= 0.3 is 0 Å². The van der Waals surface area contributed by atoms with E-state index in [4.69, 9.17) is 0 Å². The molecule has 0 saturated heterocycles. The summed E-state index contributed by atoms with van der Waals surface area (Å²) in [6.45, 7) is 0. The number of nitrogens with one attached hydrogen (secondary N) is 1. The lowest BCUT2D eigenvalue weighted by atomic mass is 10.2. The Hall–Kier alpha value is -2.17. The molecule has 0 fully saturated rings. The third kappa shape index (κ3) is 2.50. The molecule has 0 saturated carbocycles. The van der Waals surface area contributed by atoms with Gasteiger partial charge in [-0.25, -0.2) is 4.98 Å². The summed E-state index contributed by atoms with van der Waals surface area (Å²) in [5.41, 5.74) is 1.78. The van der Waals surface area contributed by atoms with E-state index in [1.54, 1.807) is 6.20 Å². The first kappa shape index (κ1) is 11.3. The minimum absolute atomic E-state index is 0.756. The van der Waals surface area contributed by atoms with Crippen LogP contribution in [0, 0.1) is 0 Å². The molecule has 2 aromatic rings. The number of nitrogens with zero attached hydrogens (tertiary/aromatic N) is 4. The molecule has 2 aromatic heterocycles. The minimum Gasteiger partial charge on any atom is -0.372 e. The van der Waals surface area contributed by atoms with E-state index in [1.807, 2.05) is 50.3 Å². The van der Waals surface area contributed by atoms with Crippen LogP contribution in [0.1, 0.15) is 0 Å². The van der Waals surface area contributed by atoms with E-state index in [0.717, 1.165) is 22.9 Å². The van der Waals surface area contributed by atoms with Gasteiger partial charge in [-0.3, -0.25) is 0 Å². The summed E-state index contributed by atoms with van der Waals surface area (Å²) in [7, 11) is 5.74. The highest BCUT2D eigenvalue weighted by Crippen LogP contribution is 2.18. The van der Waals surface area contributed by atoms with Crippen LogP contribution in [-0.4, -0.2) is 36.3 Å².